The van der Waals surface area contributed by atoms with Gasteiger partial charge in [-0.05, 0) is 67.4 Å². The summed E-state index contributed by atoms with van der Waals surface area (Å²) < 4.78 is 0. The molecule has 0 aromatic heterocycles. The summed E-state index contributed by atoms with van der Waals surface area (Å²) in [7, 11) is 0. The van der Waals surface area contributed by atoms with Crippen LogP contribution in [0.25, 0.3) is 0 Å². The minimum Gasteiger partial charge on any atom is -0.341 e. The monoisotopic (exact) mass is 410 g/mol. The molecule has 1 aromatic rings. The number of carbonyl (C=O) groups excluding carboxylic acids is 1. The largest absolute Gasteiger partial charge is 0.341 e. The molecule has 136 valence electrons. The van der Waals surface area contributed by atoms with Crippen LogP contribution in [-0.2, 0) is 11.2 Å². The smallest absolute Gasteiger partial charge is 0.239 e. The number of thioether (sulfide) groups is 1. The molecular formula is C17H25Cl3N2OS. The molecule has 1 aromatic carbocycles. The number of hydrogen-bond donors (Lipinski definition) is 1. The predicted molar refractivity (Wildman–Crippen MR) is 108 cm³/mol. The SMILES string of the molecule is CSCC[C@H](N)C(=O)N1CCC(Cc2cc(Cl)ccc2Cl)CC1.Cl. The van der Waals surface area contributed by atoms with Crippen LogP contribution in [0.3, 0.4) is 0 Å². The Balaban J connectivity index is 0.00000288. The second-order valence-corrected chi connectivity index (χ2v) is 7.93. The molecule has 2 N–H and O–H groups in total. The number of nitrogens with two attached hydrogens (primary N) is 1. The Morgan fingerprint density at radius 3 is 2.67 bits per heavy atom. The minimum absolute atomic E-state index is 0. The van der Waals surface area contributed by atoms with Gasteiger partial charge in [0.25, 0.3) is 0 Å². The van der Waals surface area contributed by atoms with Crippen molar-refractivity contribution in [3.05, 3.63) is 33.8 Å². The quantitative estimate of drug-likeness (QED) is 0.760. The number of piperidine rings is 1. The number of rotatable bonds is 6. The number of carbonyl (C=O) groups is 1. The van der Waals surface area contributed by atoms with E-state index >= 15 is 0 Å². The van der Waals surface area contributed by atoms with Crippen molar-refractivity contribution in [3.8, 4) is 0 Å². The van der Waals surface area contributed by atoms with Gasteiger partial charge in [0.1, 0.15) is 0 Å². The molecule has 3 nitrogen and oxygen atoms in total. The summed E-state index contributed by atoms with van der Waals surface area (Å²) in [6.07, 6.45) is 5.68. The van der Waals surface area contributed by atoms with Gasteiger partial charge in [0.2, 0.25) is 5.91 Å². The third kappa shape index (κ3) is 6.30. The van der Waals surface area contributed by atoms with Gasteiger partial charge in [-0.2, -0.15) is 11.8 Å². The minimum atomic E-state index is -0.360. The van der Waals surface area contributed by atoms with Crippen molar-refractivity contribution >= 4 is 53.3 Å². The fourth-order valence-electron chi connectivity index (χ4n) is 2.97. The van der Waals surface area contributed by atoms with Gasteiger partial charge in [-0.3, -0.25) is 4.79 Å². The molecule has 0 unspecified atom stereocenters. The Morgan fingerprint density at radius 1 is 1.38 bits per heavy atom. The highest BCUT2D eigenvalue weighted by Gasteiger charge is 2.26. The predicted octanol–water partition coefficient (Wildman–Crippen LogP) is 4.28. The number of hydrogen-bond acceptors (Lipinski definition) is 3. The van der Waals surface area contributed by atoms with Gasteiger partial charge in [0.15, 0.2) is 0 Å². The molecule has 0 radical (unpaired) electrons. The zero-order chi connectivity index (χ0) is 16.8. The summed E-state index contributed by atoms with van der Waals surface area (Å²) in [6.45, 7) is 1.57. The molecule has 1 heterocycles. The third-order valence-corrected chi connectivity index (χ3v) is 5.64. The van der Waals surface area contributed by atoms with Gasteiger partial charge in [0, 0.05) is 23.1 Å². The standard InChI is InChI=1S/C17H24Cl2N2OS.ClH/c1-23-9-6-16(20)17(22)21-7-4-12(5-8-21)10-13-11-14(18)2-3-15(13)19;/h2-3,11-12,16H,4-10,20H2,1H3;1H/t16-;/m0./s1. The first-order valence-electron chi connectivity index (χ1n) is 7.98. The van der Waals surface area contributed by atoms with Crippen molar-refractivity contribution in [2.75, 3.05) is 25.1 Å². The molecule has 0 spiro atoms. The Morgan fingerprint density at radius 2 is 2.04 bits per heavy atom. The van der Waals surface area contributed by atoms with Crippen molar-refractivity contribution in [1.82, 2.24) is 4.90 Å². The van der Waals surface area contributed by atoms with Crippen LogP contribution < -0.4 is 5.73 Å². The van der Waals surface area contributed by atoms with Crippen LogP contribution in [0.4, 0.5) is 0 Å². The summed E-state index contributed by atoms with van der Waals surface area (Å²) in [5.74, 6) is 1.56. The van der Waals surface area contributed by atoms with Gasteiger partial charge < -0.3 is 10.6 Å². The molecule has 1 amide bonds. The average molecular weight is 412 g/mol. The maximum absolute atomic E-state index is 12.3. The fourth-order valence-corrected chi connectivity index (χ4v) is 3.85. The number of benzene rings is 1. The van der Waals surface area contributed by atoms with E-state index in [9.17, 15) is 4.79 Å². The Kier molecular flexibility index (Phi) is 9.83. The van der Waals surface area contributed by atoms with Crippen molar-refractivity contribution in [3.63, 3.8) is 0 Å². The summed E-state index contributed by atoms with van der Waals surface area (Å²) in [5, 5.41) is 1.49. The topological polar surface area (TPSA) is 46.3 Å². The molecule has 1 aliphatic rings. The zero-order valence-corrected chi connectivity index (χ0v) is 17.0. The van der Waals surface area contributed by atoms with Crippen LogP contribution in [0.2, 0.25) is 10.0 Å². The van der Waals surface area contributed by atoms with E-state index in [2.05, 4.69) is 0 Å². The van der Waals surface area contributed by atoms with Crippen molar-refractivity contribution in [2.24, 2.45) is 11.7 Å². The number of likely N-dealkylation sites (tertiary alicyclic amines) is 1. The highest BCUT2D eigenvalue weighted by molar-refractivity contribution is 7.98. The van der Waals surface area contributed by atoms with E-state index in [1.165, 1.54) is 0 Å². The summed E-state index contributed by atoms with van der Waals surface area (Å²) in [5.41, 5.74) is 7.09. The molecular weight excluding hydrogens is 387 g/mol. The fraction of sp³-hybridized carbons (Fsp3) is 0.588. The molecule has 2 rings (SSSR count). The van der Waals surface area contributed by atoms with E-state index in [-0.39, 0.29) is 24.4 Å². The molecule has 1 saturated heterocycles. The molecule has 24 heavy (non-hydrogen) atoms. The number of amides is 1. The van der Waals surface area contributed by atoms with Crippen molar-refractivity contribution < 1.29 is 4.79 Å². The maximum atomic E-state index is 12.3. The van der Waals surface area contributed by atoms with Crippen LogP contribution >= 0.6 is 47.4 Å². The Hall–Kier alpha value is -0.130. The van der Waals surface area contributed by atoms with Crippen LogP contribution in [0.1, 0.15) is 24.8 Å². The van der Waals surface area contributed by atoms with Crippen LogP contribution in [-0.4, -0.2) is 41.9 Å². The van der Waals surface area contributed by atoms with E-state index in [1.54, 1.807) is 11.8 Å². The second kappa shape index (κ2) is 10.8. The molecule has 1 fully saturated rings. The van der Waals surface area contributed by atoms with E-state index in [4.69, 9.17) is 28.9 Å². The van der Waals surface area contributed by atoms with Crippen LogP contribution in [0.5, 0.6) is 0 Å². The number of halogens is 3. The van der Waals surface area contributed by atoms with E-state index in [1.807, 2.05) is 29.4 Å². The third-order valence-electron chi connectivity index (χ3n) is 4.39. The summed E-state index contributed by atoms with van der Waals surface area (Å²) in [4.78, 5) is 14.2. The highest BCUT2D eigenvalue weighted by atomic mass is 35.5. The molecule has 0 saturated carbocycles. The van der Waals surface area contributed by atoms with Gasteiger partial charge in [-0.1, -0.05) is 23.2 Å². The van der Waals surface area contributed by atoms with Gasteiger partial charge in [0.05, 0.1) is 6.04 Å². The Bertz CT molecular complexity index is 537. The summed E-state index contributed by atoms with van der Waals surface area (Å²) >= 11 is 14.0. The second-order valence-electron chi connectivity index (χ2n) is 6.10. The van der Waals surface area contributed by atoms with E-state index in [0.29, 0.717) is 5.92 Å². The molecule has 0 bridgehead atoms. The zero-order valence-electron chi connectivity index (χ0n) is 13.8. The van der Waals surface area contributed by atoms with Gasteiger partial charge >= 0.3 is 0 Å². The van der Waals surface area contributed by atoms with E-state index < -0.39 is 0 Å². The molecule has 1 aliphatic heterocycles. The van der Waals surface area contributed by atoms with E-state index in [0.717, 1.165) is 60.1 Å². The van der Waals surface area contributed by atoms with Gasteiger partial charge in [-0.25, -0.2) is 0 Å². The van der Waals surface area contributed by atoms with Crippen LogP contribution in [0, 0.1) is 5.92 Å². The van der Waals surface area contributed by atoms with Crippen molar-refractivity contribution in [1.29, 1.82) is 0 Å². The highest BCUT2D eigenvalue weighted by Crippen LogP contribution is 2.27. The average Bonchev–Trinajstić information content (AvgIpc) is 2.56. The first kappa shape index (κ1) is 21.9. The lowest BCUT2D eigenvalue weighted by atomic mass is 9.90. The van der Waals surface area contributed by atoms with Crippen molar-refractivity contribution in [2.45, 2.75) is 31.7 Å². The lowest BCUT2D eigenvalue weighted by Crippen LogP contribution is -2.47. The summed E-state index contributed by atoms with van der Waals surface area (Å²) in [6, 6.07) is 5.24. The lowest BCUT2D eigenvalue weighted by Gasteiger charge is -2.33. The lowest BCUT2D eigenvalue weighted by molar-refractivity contribution is -0.134. The molecule has 0 aliphatic carbocycles. The first-order chi connectivity index (χ1) is 11.0. The number of nitrogens with zero attached hydrogens (tertiary/aromatic N) is 1. The molecule has 1 atom stereocenters. The maximum Gasteiger partial charge on any atom is 0.239 e. The Labute approximate surface area is 165 Å². The van der Waals surface area contributed by atoms with Crippen LogP contribution in [0.15, 0.2) is 18.2 Å². The molecule has 7 heteroatoms. The normalized spacial score (nSPS) is 16.6. The van der Waals surface area contributed by atoms with Gasteiger partial charge in [-0.15, -0.1) is 12.4 Å². The first-order valence-corrected chi connectivity index (χ1v) is 10.1.